The van der Waals surface area contributed by atoms with E-state index in [4.69, 9.17) is 17.0 Å². The molecule has 0 aliphatic carbocycles. The molecular formula is C15H18N2O3S. The molecule has 1 aliphatic rings. The highest BCUT2D eigenvalue weighted by molar-refractivity contribution is 7.80. The van der Waals surface area contributed by atoms with E-state index in [1.54, 1.807) is 23.1 Å². The summed E-state index contributed by atoms with van der Waals surface area (Å²) in [6, 6.07) is 4.89. The van der Waals surface area contributed by atoms with Crippen LogP contribution in [0.4, 0.5) is 0 Å². The lowest BCUT2D eigenvalue weighted by Crippen LogP contribution is -2.31. The summed E-state index contributed by atoms with van der Waals surface area (Å²) in [5.74, 6) is 0.297. The molecule has 0 spiro atoms. The summed E-state index contributed by atoms with van der Waals surface area (Å²) in [6.45, 7) is 2.69. The van der Waals surface area contributed by atoms with Gasteiger partial charge in [0.05, 0.1) is 7.11 Å². The molecule has 1 fully saturated rings. The molecule has 1 aromatic carbocycles. The normalized spacial score (nSPS) is 16.5. The number of rotatable bonds is 5. The average molecular weight is 306 g/mol. The van der Waals surface area contributed by atoms with Crippen molar-refractivity contribution < 1.29 is 14.6 Å². The number of aromatic hydroxyl groups is 1. The van der Waals surface area contributed by atoms with E-state index in [-0.39, 0.29) is 11.7 Å². The quantitative estimate of drug-likeness (QED) is 0.645. The maximum atomic E-state index is 12.3. The van der Waals surface area contributed by atoms with Gasteiger partial charge in [0.2, 0.25) is 0 Å². The highest BCUT2D eigenvalue weighted by Crippen LogP contribution is 2.27. The largest absolute Gasteiger partial charge is 0.504 e. The lowest BCUT2D eigenvalue weighted by atomic mass is 10.1. The van der Waals surface area contributed by atoms with Crippen LogP contribution in [0.1, 0.15) is 25.3 Å². The Morgan fingerprint density at radius 1 is 1.48 bits per heavy atom. The van der Waals surface area contributed by atoms with E-state index in [1.165, 1.54) is 13.2 Å². The van der Waals surface area contributed by atoms with Gasteiger partial charge in [-0.05, 0) is 42.4 Å². The number of nitrogens with zero attached hydrogens (tertiary/aromatic N) is 1. The van der Waals surface area contributed by atoms with Crippen molar-refractivity contribution in [2.75, 3.05) is 13.7 Å². The van der Waals surface area contributed by atoms with Gasteiger partial charge in [0.25, 0.3) is 5.91 Å². The third kappa shape index (κ3) is 3.33. The zero-order valence-electron chi connectivity index (χ0n) is 12.0. The monoisotopic (exact) mass is 306 g/mol. The van der Waals surface area contributed by atoms with Crippen LogP contribution in [0.15, 0.2) is 23.9 Å². The van der Waals surface area contributed by atoms with Crippen molar-refractivity contribution in [1.82, 2.24) is 10.2 Å². The molecule has 6 heteroatoms. The number of carbonyl (C=O) groups excluding carboxylic acids is 1. The molecule has 112 valence electrons. The first-order valence-electron chi connectivity index (χ1n) is 6.78. The molecule has 0 saturated carbocycles. The SMILES string of the molecule is CCCCN1C(=O)/C(=C/c2ccc(O)c(OC)c2)NC1=S. The van der Waals surface area contributed by atoms with Crippen LogP contribution >= 0.6 is 12.2 Å². The zero-order chi connectivity index (χ0) is 15.4. The minimum atomic E-state index is -0.125. The second-order valence-corrected chi connectivity index (χ2v) is 5.12. The van der Waals surface area contributed by atoms with Crippen LogP contribution in [0.25, 0.3) is 6.08 Å². The van der Waals surface area contributed by atoms with E-state index in [9.17, 15) is 9.90 Å². The molecule has 1 amide bonds. The van der Waals surface area contributed by atoms with Crippen LogP contribution in [0.5, 0.6) is 11.5 Å². The second-order valence-electron chi connectivity index (χ2n) is 4.73. The Hall–Kier alpha value is -2.08. The summed E-state index contributed by atoms with van der Waals surface area (Å²) in [7, 11) is 1.48. The summed E-state index contributed by atoms with van der Waals surface area (Å²) in [5.41, 5.74) is 1.18. The van der Waals surface area contributed by atoms with Crippen molar-refractivity contribution in [2.24, 2.45) is 0 Å². The second kappa shape index (κ2) is 6.58. The van der Waals surface area contributed by atoms with Crippen LogP contribution in [0.3, 0.4) is 0 Å². The Labute approximate surface area is 129 Å². The molecule has 0 atom stereocenters. The van der Waals surface area contributed by atoms with Gasteiger partial charge in [0.15, 0.2) is 16.6 Å². The molecule has 0 bridgehead atoms. The molecule has 1 aromatic rings. The van der Waals surface area contributed by atoms with Crippen molar-refractivity contribution >= 4 is 29.3 Å². The lowest BCUT2D eigenvalue weighted by molar-refractivity contribution is -0.122. The fraction of sp³-hybridized carbons (Fsp3) is 0.333. The molecule has 1 heterocycles. The van der Waals surface area contributed by atoms with E-state index in [2.05, 4.69) is 12.2 Å². The van der Waals surface area contributed by atoms with Gasteiger partial charge >= 0.3 is 0 Å². The number of phenols is 1. The maximum absolute atomic E-state index is 12.3. The predicted molar refractivity (Wildman–Crippen MR) is 85.0 cm³/mol. The van der Waals surface area contributed by atoms with Crippen LogP contribution in [-0.2, 0) is 4.79 Å². The number of thiocarbonyl (C=S) groups is 1. The van der Waals surface area contributed by atoms with E-state index in [0.29, 0.717) is 23.1 Å². The van der Waals surface area contributed by atoms with Gasteiger partial charge < -0.3 is 15.2 Å². The van der Waals surface area contributed by atoms with Gasteiger partial charge in [0.1, 0.15) is 5.70 Å². The number of carbonyl (C=O) groups is 1. The highest BCUT2D eigenvalue weighted by Gasteiger charge is 2.29. The standard InChI is InChI=1S/C15H18N2O3S/c1-3-4-7-17-14(19)11(16-15(17)21)8-10-5-6-12(18)13(9-10)20-2/h5-6,8-9,18H,3-4,7H2,1-2H3,(H,16,21)/b11-8-. The number of hydrogen-bond acceptors (Lipinski definition) is 4. The van der Waals surface area contributed by atoms with Crippen LogP contribution < -0.4 is 10.1 Å². The summed E-state index contributed by atoms with van der Waals surface area (Å²) < 4.78 is 5.05. The van der Waals surface area contributed by atoms with Crippen molar-refractivity contribution in [2.45, 2.75) is 19.8 Å². The molecule has 0 radical (unpaired) electrons. The van der Waals surface area contributed by atoms with Crippen molar-refractivity contribution in [3.8, 4) is 11.5 Å². The van der Waals surface area contributed by atoms with Gasteiger partial charge in [-0.25, -0.2) is 0 Å². The van der Waals surface area contributed by atoms with Crippen molar-refractivity contribution in [1.29, 1.82) is 0 Å². The molecule has 5 nitrogen and oxygen atoms in total. The van der Waals surface area contributed by atoms with E-state index in [1.807, 2.05) is 0 Å². The Morgan fingerprint density at radius 3 is 2.90 bits per heavy atom. The van der Waals surface area contributed by atoms with Crippen LogP contribution in [-0.4, -0.2) is 34.7 Å². The van der Waals surface area contributed by atoms with Gasteiger partial charge in [-0.15, -0.1) is 0 Å². The summed E-state index contributed by atoms with van der Waals surface area (Å²) in [5, 5.41) is 12.9. The molecule has 21 heavy (non-hydrogen) atoms. The van der Waals surface area contributed by atoms with Gasteiger partial charge in [-0.3, -0.25) is 9.69 Å². The highest BCUT2D eigenvalue weighted by atomic mass is 32.1. The predicted octanol–water partition coefficient (Wildman–Crippen LogP) is 2.26. The molecule has 0 unspecified atom stereocenters. The van der Waals surface area contributed by atoms with Gasteiger partial charge in [0, 0.05) is 6.54 Å². The first-order chi connectivity index (χ1) is 10.1. The average Bonchev–Trinajstić information content (AvgIpc) is 2.73. The summed E-state index contributed by atoms with van der Waals surface area (Å²) in [4.78, 5) is 13.8. The Kier molecular flexibility index (Phi) is 4.80. The Balaban J connectivity index is 2.22. The van der Waals surface area contributed by atoms with Crippen LogP contribution in [0.2, 0.25) is 0 Å². The Morgan fingerprint density at radius 2 is 2.24 bits per heavy atom. The van der Waals surface area contributed by atoms with E-state index >= 15 is 0 Å². The summed E-state index contributed by atoms with van der Waals surface area (Å²) >= 11 is 5.18. The summed E-state index contributed by atoms with van der Waals surface area (Å²) in [6.07, 6.45) is 3.61. The first kappa shape index (κ1) is 15.3. The zero-order valence-corrected chi connectivity index (χ0v) is 12.9. The number of unbranched alkanes of at least 4 members (excludes halogenated alkanes) is 1. The Bertz CT molecular complexity index is 599. The lowest BCUT2D eigenvalue weighted by Gasteiger charge is -2.12. The minimum Gasteiger partial charge on any atom is -0.504 e. The minimum absolute atomic E-state index is 0.0606. The molecule has 1 aliphatic heterocycles. The number of nitrogens with one attached hydrogen (secondary N) is 1. The number of amides is 1. The molecule has 0 aromatic heterocycles. The van der Waals surface area contributed by atoms with Gasteiger partial charge in [-0.2, -0.15) is 0 Å². The topological polar surface area (TPSA) is 61.8 Å². The number of methoxy groups -OCH3 is 1. The van der Waals surface area contributed by atoms with Crippen molar-refractivity contribution in [3.63, 3.8) is 0 Å². The van der Waals surface area contributed by atoms with Crippen molar-refractivity contribution in [3.05, 3.63) is 29.5 Å². The number of hydrogen-bond donors (Lipinski definition) is 2. The number of ether oxygens (including phenoxy) is 1. The van der Waals surface area contributed by atoms with E-state index < -0.39 is 0 Å². The fourth-order valence-electron chi connectivity index (χ4n) is 2.04. The number of benzene rings is 1. The smallest absolute Gasteiger partial charge is 0.276 e. The first-order valence-corrected chi connectivity index (χ1v) is 7.19. The maximum Gasteiger partial charge on any atom is 0.276 e. The number of phenolic OH excluding ortho intramolecular Hbond substituents is 1. The fourth-order valence-corrected chi connectivity index (χ4v) is 2.33. The molecule has 2 rings (SSSR count). The van der Waals surface area contributed by atoms with E-state index in [0.717, 1.165) is 18.4 Å². The van der Waals surface area contributed by atoms with Crippen LogP contribution in [0, 0.1) is 0 Å². The van der Waals surface area contributed by atoms with Gasteiger partial charge in [-0.1, -0.05) is 19.4 Å². The molecular weight excluding hydrogens is 288 g/mol. The molecule has 1 saturated heterocycles. The third-order valence-corrected chi connectivity index (χ3v) is 3.53. The molecule has 2 N–H and O–H groups in total. The third-order valence-electron chi connectivity index (χ3n) is 3.21.